The zero-order valence-corrected chi connectivity index (χ0v) is 21.1. The first kappa shape index (κ1) is 26.8. The van der Waals surface area contributed by atoms with Gasteiger partial charge >= 0.3 is 18.1 Å². The van der Waals surface area contributed by atoms with Crippen LogP contribution in [0.15, 0.2) is 10.6 Å². The molecule has 2 fully saturated rings. The third-order valence-corrected chi connectivity index (χ3v) is 7.36. The van der Waals surface area contributed by atoms with Gasteiger partial charge in [0.05, 0.1) is 24.6 Å². The van der Waals surface area contributed by atoms with Crippen LogP contribution in [0.25, 0.3) is 0 Å². The molecule has 12 nitrogen and oxygen atoms in total. The number of carbonyl (C=O) groups excluding carboxylic acids is 5. The molecule has 0 saturated carbocycles. The highest BCUT2D eigenvalue weighted by Gasteiger charge is 2.61. The Bertz CT molecular complexity index is 937. The summed E-state index contributed by atoms with van der Waals surface area (Å²) < 4.78 is 20.4. The Morgan fingerprint density at radius 3 is 2.37 bits per heavy atom. The second kappa shape index (κ2) is 10.9. The molecule has 0 radical (unpaired) electrons. The Labute approximate surface area is 207 Å². The maximum absolute atomic E-state index is 13.2. The number of β-lactam (4-membered cyclic amide) rings is 1. The molecule has 13 heteroatoms. The summed E-state index contributed by atoms with van der Waals surface area (Å²) >= 11 is 1.34. The molecule has 3 aliphatic rings. The Morgan fingerprint density at radius 1 is 1.11 bits per heavy atom. The zero-order valence-electron chi connectivity index (χ0n) is 20.3. The van der Waals surface area contributed by atoms with Gasteiger partial charge in [0.15, 0.2) is 0 Å². The van der Waals surface area contributed by atoms with Crippen LogP contribution in [0, 0.1) is 11.8 Å². The third kappa shape index (κ3) is 5.72. The highest BCUT2D eigenvalue weighted by atomic mass is 32.2. The molecule has 6 atom stereocenters. The number of esters is 2. The summed E-state index contributed by atoms with van der Waals surface area (Å²) in [6, 6.07) is -0.444. The molecule has 0 aliphatic carbocycles. The molecule has 0 bridgehead atoms. The summed E-state index contributed by atoms with van der Waals surface area (Å²) in [5, 5.41) is 2.63. The second-order valence-corrected chi connectivity index (χ2v) is 10.2. The normalized spacial score (nSPS) is 27.1. The van der Waals surface area contributed by atoms with Crippen LogP contribution in [0.2, 0.25) is 0 Å². The number of amides is 2. The van der Waals surface area contributed by atoms with Gasteiger partial charge in [0.25, 0.3) is 0 Å². The van der Waals surface area contributed by atoms with Crippen molar-refractivity contribution >= 4 is 41.7 Å². The Morgan fingerprint density at radius 2 is 1.80 bits per heavy atom. The minimum absolute atomic E-state index is 0.0399. The smallest absolute Gasteiger partial charge is 0.461 e. The van der Waals surface area contributed by atoms with Crippen molar-refractivity contribution in [2.24, 2.45) is 17.6 Å². The maximum Gasteiger partial charge on any atom is 0.511 e. The van der Waals surface area contributed by atoms with Gasteiger partial charge in [-0.2, -0.15) is 0 Å². The molecular weight excluding hydrogens is 482 g/mol. The standard InChI is InChI=1S/C22H31N3O9S/c1-9(2)31-22(30)34-12(5)33-21(29)18-19(35-13-6-14(26)24-8-13)10(3)17-16(20(28)25(17)18)11(4)32-15(27)7-23/h9-13,16-17H,6-8,23H2,1-5H3,(H,24,26)/t10-,11-,12?,13?,16?,17?/m1/s1. The van der Waals surface area contributed by atoms with Crippen molar-refractivity contribution in [3.8, 4) is 0 Å². The first-order valence-electron chi connectivity index (χ1n) is 11.4. The molecular formula is C22H31N3O9S. The van der Waals surface area contributed by atoms with E-state index >= 15 is 0 Å². The number of hydrogen-bond donors (Lipinski definition) is 2. The van der Waals surface area contributed by atoms with Gasteiger partial charge < -0.3 is 34.9 Å². The lowest BCUT2D eigenvalue weighted by Gasteiger charge is -2.47. The number of ether oxygens (including phenoxy) is 4. The van der Waals surface area contributed by atoms with Gasteiger partial charge in [0.1, 0.15) is 11.8 Å². The minimum atomic E-state index is -1.27. The van der Waals surface area contributed by atoms with Gasteiger partial charge in [-0.05, 0) is 20.8 Å². The fourth-order valence-corrected chi connectivity index (χ4v) is 5.82. The number of nitrogens with zero attached hydrogens (tertiary/aromatic N) is 1. The largest absolute Gasteiger partial charge is 0.511 e. The van der Waals surface area contributed by atoms with Gasteiger partial charge in [-0.25, -0.2) is 9.59 Å². The number of nitrogens with two attached hydrogens (primary N) is 1. The molecule has 3 rings (SSSR count). The fourth-order valence-electron chi connectivity index (χ4n) is 4.41. The monoisotopic (exact) mass is 513 g/mol. The van der Waals surface area contributed by atoms with E-state index < -0.39 is 54.5 Å². The van der Waals surface area contributed by atoms with E-state index in [2.05, 4.69) is 5.32 Å². The highest BCUT2D eigenvalue weighted by molar-refractivity contribution is 8.03. The average molecular weight is 514 g/mol. The van der Waals surface area contributed by atoms with Crippen LogP contribution in [0.1, 0.15) is 41.0 Å². The molecule has 0 spiro atoms. The first-order chi connectivity index (χ1) is 16.4. The lowest BCUT2D eigenvalue weighted by Crippen LogP contribution is -2.64. The maximum atomic E-state index is 13.2. The molecule has 3 N–H and O–H groups in total. The Kier molecular flexibility index (Phi) is 8.31. The zero-order chi connectivity index (χ0) is 26.0. The van der Waals surface area contributed by atoms with Gasteiger partial charge in [0.2, 0.25) is 18.1 Å². The molecule has 3 aliphatic heterocycles. The topological polar surface area (TPSA) is 164 Å². The fraction of sp³-hybridized carbons (Fsp3) is 0.682. The summed E-state index contributed by atoms with van der Waals surface area (Å²) in [4.78, 5) is 63.4. The van der Waals surface area contributed by atoms with Crippen LogP contribution >= 0.6 is 11.8 Å². The Balaban J connectivity index is 1.81. The summed E-state index contributed by atoms with van der Waals surface area (Å²) in [5.41, 5.74) is 5.36. The molecule has 2 saturated heterocycles. The number of fused-ring (bicyclic) bond motifs is 1. The summed E-state index contributed by atoms with van der Waals surface area (Å²) in [6.45, 7) is 8.23. The molecule has 0 aromatic carbocycles. The number of nitrogens with one attached hydrogen (secondary N) is 1. The number of carbonyl (C=O) groups is 5. The summed E-state index contributed by atoms with van der Waals surface area (Å²) in [6.07, 6.45) is -3.15. The van der Waals surface area contributed by atoms with E-state index in [0.29, 0.717) is 11.4 Å². The van der Waals surface area contributed by atoms with Crippen molar-refractivity contribution in [1.29, 1.82) is 0 Å². The predicted octanol–water partition coefficient (Wildman–Crippen LogP) is 0.638. The molecule has 35 heavy (non-hydrogen) atoms. The van der Waals surface area contributed by atoms with E-state index in [4.69, 9.17) is 24.7 Å². The van der Waals surface area contributed by atoms with Crippen LogP contribution < -0.4 is 11.1 Å². The number of hydrogen-bond acceptors (Lipinski definition) is 11. The average Bonchev–Trinajstić information content (AvgIpc) is 3.26. The summed E-state index contributed by atoms with van der Waals surface area (Å²) in [5.74, 6) is -2.92. The van der Waals surface area contributed by atoms with Gasteiger partial charge in [-0.1, -0.05) is 6.92 Å². The van der Waals surface area contributed by atoms with E-state index in [9.17, 15) is 24.0 Å². The van der Waals surface area contributed by atoms with Crippen LogP contribution in [-0.4, -0.2) is 77.7 Å². The molecule has 194 valence electrons. The highest BCUT2D eigenvalue weighted by Crippen LogP contribution is 2.52. The van der Waals surface area contributed by atoms with E-state index in [0.717, 1.165) is 0 Å². The lowest BCUT2D eigenvalue weighted by molar-refractivity contribution is -0.177. The SMILES string of the molecule is CC(C)OC(=O)OC(C)OC(=O)C1=C(SC2CNC(=O)C2)[C@H](C)C2C([C@@H](C)OC(=O)CN)C(=O)N12. The second-order valence-electron chi connectivity index (χ2n) is 8.88. The summed E-state index contributed by atoms with van der Waals surface area (Å²) in [7, 11) is 0. The van der Waals surface area contributed by atoms with E-state index in [1.807, 2.05) is 6.92 Å². The lowest BCUT2D eigenvalue weighted by atomic mass is 9.79. The van der Waals surface area contributed by atoms with Crippen molar-refractivity contribution in [2.75, 3.05) is 13.1 Å². The number of rotatable bonds is 9. The van der Waals surface area contributed by atoms with Crippen molar-refractivity contribution in [1.82, 2.24) is 10.2 Å². The molecule has 2 amide bonds. The quantitative estimate of drug-likeness (QED) is 0.192. The van der Waals surface area contributed by atoms with Crippen molar-refractivity contribution < 1.29 is 42.9 Å². The van der Waals surface area contributed by atoms with Crippen LogP contribution in [0.3, 0.4) is 0 Å². The van der Waals surface area contributed by atoms with Gasteiger partial charge in [-0.3, -0.25) is 14.4 Å². The predicted molar refractivity (Wildman–Crippen MR) is 122 cm³/mol. The van der Waals surface area contributed by atoms with Crippen LogP contribution in [-0.2, 0) is 38.1 Å². The van der Waals surface area contributed by atoms with Gasteiger partial charge in [-0.15, -0.1) is 11.8 Å². The molecule has 3 heterocycles. The van der Waals surface area contributed by atoms with Crippen LogP contribution in [0.5, 0.6) is 0 Å². The minimum Gasteiger partial charge on any atom is -0.461 e. The van der Waals surface area contributed by atoms with Gasteiger partial charge in [0, 0.05) is 36.0 Å². The molecule has 4 unspecified atom stereocenters. The van der Waals surface area contributed by atoms with Crippen molar-refractivity contribution in [3.63, 3.8) is 0 Å². The van der Waals surface area contributed by atoms with E-state index in [-0.39, 0.29) is 35.7 Å². The molecule has 0 aromatic rings. The van der Waals surface area contributed by atoms with E-state index in [1.165, 1.54) is 23.6 Å². The third-order valence-electron chi connectivity index (χ3n) is 5.87. The van der Waals surface area contributed by atoms with Crippen molar-refractivity contribution in [3.05, 3.63) is 10.6 Å². The number of thioether (sulfide) groups is 1. The van der Waals surface area contributed by atoms with E-state index in [1.54, 1.807) is 20.8 Å². The Hall–Kier alpha value is -2.80. The molecule has 0 aromatic heterocycles. The first-order valence-corrected chi connectivity index (χ1v) is 12.3. The van der Waals surface area contributed by atoms with Crippen molar-refractivity contribution in [2.45, 2.75) is 70.8 Å². The van der Waals surface area contributed by atoms with Crippen LogP contribution in [0.4, 0.5) is 4.79 Å².